The van der Waals surface area contributed by atoms with Crippen molar-refractivity contribution in [3.63, 3.8) is 0 Å². The van der Waals surface area contributed by atoms with Crippen molar-refractivity contribution in [3.8, 4) is 0 Å². The summed E-state index contributed by atoms with van der Waals surface area (Å²) in [6.07, 6.45) is 1.02. The molecule has 4 heteroatoms. The number of hydrogen-bond acceptors (Lipinski definition) is 3. The summed E-state index contributed by atoms with van der Waals surface area (Å²) in [6, 6.07) is 0. The maximum absolute atomic E-state index is 10.5. The van der Waals surface area contributed by atoms with Crippen molar-refractivity contribution in [1.82, 2.24) is 5.32 Å². The molecule has 0 aliphatic carbocycles. The molecule has 0 bridgehead atoms. The van der Waals surface area contributed by atoms with E-state index in [1.165, 1.54) is 7.05 Å². The van der Waals surface area contributed by atoms with Crippen molar-refractivity contribution in [2.75, 3.05) is 7.05 Å². The summed E-state index contributed by atoms with van der Waals surface area (Å²) in [7, 11) is 1.48. The monoisotopic (exact) mass is 158 g/mol. The molecule has 0 aromatic heterocycles. The number of hydrogen-bond donors (Lipinski definition) is 1. The first-order chi connectivity index (χ1) is 4.95. The minimum absolute atomic E-state index is 0.0615. The van der Waals surface area contributed by atoms with Crippen LogP contribution in [0.3, 0.4) is 0 Å². The second-order valence-corrected chi connectivity index (χ2v) is 3.23. The lowest BCUT2D eigenvalue weighted by atomic mass is 10.00. The van der Waals surface area contributed by atoms with E-state index in [9.17, 15) is 4.79 Å². The number of nitrogens with zero attached hydrogens (tertiary/aromatic N) is 1. The van der Waals surface area contributed by atoms with Gasteiger partial charge >= 0.3 is 6.09 Å². The molecule has 64 valence electrons. The van der Waals surface area contributed by atoms with Gasteiger partial charge in [-0.05, 0) is 0 Å². The van der Waals surface area contributed by atoms with E-state index in [2.05, 4.69) is 15.3 Å². The number of oxime groups is 1. The number of carbonyl (C=O) groups excluding carboxylic acids is 1. The van der Waals surface area contributed by atoms with Gasteiger partial charge in [0.05, 0.1) is 0 Å². The fraction of sp³-hybridized carbons (Fsp3) is 0.714. The molecule has 0 aromatic rings. The second kappa shape index (κ2) is 3.95. The van der Waals surface area contributed by atoms with Gasteiger partial charge in [0.25, 0.3) is 0 Å². The highest BCUT2D eigenvalue weighted by molar-refractivity contribution is 5.69. The molecule has 4 nitrogen and oxygen atoms in total. The van der Waals surface area contributed by atoms with Crippen molar-refractivity contribution in [2.24, 2.45) is 10.6 Å². The average Bonchev–Trinajstić information content (AvgIpc) is 1.85. The summed E-state index contributed by atoms with van der Waals surface area (Å²) >= 11 is 0. The van der Waals surface area contributed by atoms with E-state index in [0.717, 1.165) is 0 Å². The van der Waals surface area contributed by atoms with Crippen LogP contribution in [-0.2, 0) is 4.84 Å². The third kappa shape index (κ3) is 6.83. The lowest BCUT2D eigenvalue weighted by Gasteiger charge is -2.08. The Labute approximate surface area is 66.6 Å². The third-order valence-corrected chi connectivity index (χ3v) is 0.780. The first kappa shape index (κ1) is 9.94. The van der Waals surface area contributed by atoms with Crippen LogP contribution in [0.2, 0.25) is 0 Å². The van der Waals surface area contributed by atoms with Crippen LogP contribution in [0.4, 0.5) is 4.79 Å². The number of amides is 1. The van der Waals surface area contributed by atoms with Crippen LogP contribution in [0, 0.1) is 5.41 Å². The fourth-order valence-electron chi connectivity index (χ4n) is 0.278. The van der Waals surface area contributed by atoms with Gasteiger partial charge in [0.1, 0.15) is 0 Å². The van der Waals surface area contributed by atoms with E-state index >= 15 is 0 Å². The maximum atomic E-state index is 10.5. The largest absolute Gasteiger partial charge is 0.433 e. The Kier molecular flexibility index (Phi) is 3.57. The first-order valence-electron chi connectivity index (χ1n) is 3.39. The van der Waals surface area contributed by atoms with Crippen LogP contribution in [0.25, 0.3) is 0 Å². The van der Waals surface area contributed by atoms with E-state index < -0.39 is 6.09 Å². The molecule has 0 saturated carbocycles. The fourth-order valence-corrected chi connectivity index (χ4v) is 0.278. The molecule has 0 saturated heterocycles. The zero-order valence-corrected chi connectivity index (χ0v) is 7.34. The molecule has 0 heterocycles. The van der Waals surface area contributed by atoms with E-state index in [1.54, 1.807) is 6.21 Å². The minimum Gasteiger partial charge on any atom is -0.323 e. The highest BCUT2D eigenvalue weighted by Gasteiger charge is 2.05. The number of carbonyl (C=O) groups is 1. The van der Waals surface area contributed by atoms with Crippen LogP contribution < -0.4 is 5.32 Å². The molecular formula is C7H14N2O2. The zero-order chi connectivity index (χ0) is 8.91. The third-order valence-electron chi connectivity index (χ3n) is 0.780. The van der Waals surface area contributed by atoms with Gasteiger partial charge in [-0.15, -0.1) is 0 Å². The quantitative estimate of drug-likeness (QED) is 0.356. The van der Waals surface area contributed by atoms with Gasteiger partial charge in [-0.25, -0.2) is 4.79 Å². The Balaban J connectivity index is 3.70. The van der Waals surface area contributed by atoms with Crippen LogP contribution in [0.1, 0.15) is 20.8 Å². The van der Waals surface area contributed by atoms with Crippen molar-refractivity contribution < 1.29 is 9.63 Å². The molecule has 0 rings (SSSR count). The SMILES string of the molecule is CNC(=O)ON=CC(C)(C)C. The predicted molar refractivity (Wildman–Crippen MR) is 43.5 cm³/mol. The Morgan fingerprint density at radius 2 is 2.09 bits per heavy atom. The van der Waals surface area contributed by atoms with Crippen LogP contribution >= 0.6 is 0 Å². The van der Waals surface area contributed by atoms with Gasteiger partial charge in [0.15, 0.2) is 0 Å². The van der Waals surface area contributed by atoms with E-state index in [-0.39, 0.29) is 5.41 Å². The van der Waals surface area contributed by atoms with Gasteiger partial charge in [0, 0.05) is 18.7 Å². The first-order valence-corrected chi connectivity index (χ1v) is 3.39. The summed E-state index contributed by atoms with van der Waals surface area (Å²) in [6.45, 7) is 5.89. The second-order valence-electron chi connectivity index (χ2n) is 3.23. The Bertz CT molecular complexity index is 158. The highest BCUT2D eigenvalue weighted by atomic mass is 16.7. The molecule has 0 aromatic carbocycles. The predicted octanol–water partition coefficient (Wildman–Crippen LogP) is 1.37. The smallest absolute Gasteiger partial charge is 0.323 e. The molecule has 0 aliphatic heterocycles. The lowest BCUT2D eigenvalue weighted by Crippen LogP contribution is -2.17. The zero-order valence-electron chi connectivity index (χ0n) is 7.34. The average molecular weight is 158 g/mol. The number of rotatable bonds is 1. The summed E-state index contributed by atoms with van der Waals surface area (Å²) < 4.78 is 0. The molecule has 0 spiro atoms. The maximum Gasteiger partial charge on any atom is 0.433 e. The highest BCUT2D eigenvalue weighted by Crippen LogP contribution is 2.07. The van der Waals surface area contributed by atoms with Crippen molar-refractivity contribution >= 4 is 12.3 Å². The van der Waals surface area contributed by atoms with Gasteiger partial charge in [0.2, 0.25) is 0 Å². The van der Waals surface area contributed by atoms with Crippen molar-refractivity contribution in [1.29, 1.82) is 0 Å². The van der Waals surface area contributed by atoms with Gasteiger partial charge in [-0.1, -0.05) is 25.9 Å². The van der Waals surface area contributed by atoms with Gasteiger partial charge < -0.3 is 5.32 Å². The molecule has 1 N–H and O–H groups in total. The van der Waals surface area contributed by atoms with Crippen LogP contribution in [-0.4, -0.2) is 19.4 Å². The molecule has 0 radical (unpaired) electrons. The van der Waals surface area contributed by atoms with Gasteiger partial charge in [-0.2, -0.15) is 0 Å². The molecule has 0 atom stereocenters. The Morgan fingerprint density at radius 3 is 2.45 bits per heavy atom. The summed E-state index contributed by atoms with van der Waals surface area (Å²) in [5.41, 5.74) is -0.0615. The molecule has 0 unspecified atom stereocenters. The van der Waals surface area contributed by atoms with Crippen molar-refractivity contribution in [3.05, 3.63) is 0 Å². The molecular weight excluding hydrogens is 144 g/mol. The minimum atomic E-state index is -0.550. The topological polar surface area (TPSA) is 50.7 Å². The van der Waals surface area contributed by atoms with Crippen LogP contribution in [0.15, 0.2) is 5.16 Å². The Morgan fingerprint density at radius 1 is 1.55 bits per heavy atom. The number of nitrogens with one attached hydrogen (secondary N) is 1. The molecule has 1 amide bonds. The summed E-state index contributed by atoms with van der Waals surface area (Å²) in [4.78, 5) is 14.8. The van der Waals surface area contributed by atoms with E-state index in [0.29, 0.717) is 0 Å². The van der Waals surface area contributed by atoms with E-state index in [1.807, 2.05) is 20.8 Å². The van der Waals surface area contributed by atoms with Crippen LogP contribution in [0.5, 0.6) is 0 Å². The molecule has 0 aliphatic rings. The molecule has 11 heavy (non-hydrogen) atoms. The Hall–Kier alpha value is -1.06. The van der Waals surface area contributed by atoms with E-state index in [4.69, 9.17) is 0 Å². The molecule has 0 fully saturated rings. The summed E-state index contributed by atoms with van der Waals surface area (Å²) in [5, 5.41) is 5.75. The normalized spacial score (nSPS) is 11.6. The lowest BCUT2D eigenvalue weighted by molar-refractivity contribution is 0.152. The summed E-state index contributed by atoms with van der Waals surface area (Å²) in [5.74, 6) is 0. The standard InChI is InChI=1S/C7H14N2O2/c1-7(2,3)5-9-11-6(10)8-4/h5H,1-4H3,(H,8,10). The van der Waals surface area contributed by atoms with Gasteiger partial charge in [-0.3, -0.25) is 4.84 Å². The van der Waals surface area contributed by atoms with Crippen molar-refractivity contribution in [2.45, 2.75) is 20.8 Å².